The van der Waals surface area contributed by atoms with Crippen molar-refractivity contribution in [2.75, 3.05) is 13.1 Å². The summed E-state index contributed by atoms with van der Waals surface area (Å²) < 4.78 is 27.1. The van der Waals surface area contributed by atoms with Crippen molar-refractivity contribution < 1.29 is 8.42 Å². The molecule has 0 bridgehead atoms. The first-order chi connectivity index (χ1) is 7.50. The first-order valence-corrected chi connectivity index (χ1v) is 8.06. The van der Waals surface area contributed by atoms with Crippen molar-refractivity contribution in [3.8, 4) is 0 Å². The number of nitrogens with two attached hydrogens (primary N) is 1. The highest BCUT2D eigenvalue weighted by atomic mass is 79.9. The lowest BCUT2D eigenvalue weighted by atomic mass is 10.1. The van der Waals surface area contributed by atoms with Gasteiger partial charge in [0, 0.05) is 19.1 Å². The van der Waals surface area contributed by atoms with Crippen LogP contribution in [0.4, 0.5) is 0 Å². The van der Waals surface area contributed by atoms with E-state index in [2.05, 4.69) is 15.9 Å². The van der Waals surface area contributed by atoms with Crippen molar-refractivity contribution in [1.29, 1.82) is 0 Å². The third-order valence-corrected chi connectivity index (χ3v) is 6.52. The molecular formula is C9H13BrN2O2S2. The number of piperidine rings is 1. The summed E-state index contributed by atoms with van der Waals surface area (Å²) in [5.74, 6) is 0. The van der Waals surface area contributed by atoms with Crippen LogP contribution in [0.2, 0.25) is 0 Å². The van der Waals surface area contributed by atoms with Gasteiger partial charge in [-0.3, -0.25) is 0 Å². The van der Waals surface area contributed by atoms with E-state index in [9.17, 15) is 8.42 Å². The Kier molecular flexibility index (Phi) is 3.70. The van der Waals surface area contributed by atoms with Gasteiger partial charge in [0.05, 0.1) is 3.79 Å². The van der Waals surface area contributed by atoms with Crippen molar-refractivity contribution in [1.82, 2.24) is 4.31 Å². The minimum Gasteiger partial charge on any atom is -0.327 e. The lowest BCUT2D eigenvalue weighted by molar-refractivity contribution is 0.316. The van der Waals surface area contributed by atoms with E-state index in [0.717, 1.165) is 16.6 Å². The Morgan fingerprint density at radius 3 is 2.81 bits per heavy atom. The molecule has 1 unspecified atom stereocenters. The number of nitrogens with zero attached hydrogens (tertiary/aromatic N) is 1. The molecule has 1 aliphatic heterocycles. The lowest BCUT2D eigenvalue weighted by Gasteiger charge is -2.29. The molecule has 4 nitrogen and oxygen atoms in total. The van der Waals surface area contributed by atoms with Crippen LogP contribution in [0.1, 0.15) is 12.8 Å². The molecule has 0 saturated carbocycles. The van der Waals surface area contributed by atoms with Gasteiger partial charge >= 0.3 is 0 Å². The third kappa shape index (κ3) is 2.48. The Hall–Kier alpha value is 0.0500. The Morgan fingerprint density at radius 2 is 2.25 bits per heavy atom. The maximum Gasteiger partial charge on any atom is 0.252 e. The zero-order valence-electron chi connectivity index (χ0n) is 8.60. The molecular weight excluding hydrogens is 312 g/mol. The van der Waals surface area contributed by atoms with Crippen molar-refractivity contribution in [3.05, 3.63) is 15.9 Å². The molecule has 0 aromatic carbocycles. The molecule has 7 heteroatoms. The van der Waals surface area contributed by atoms with Crippen LogP contribution in [0.15, 0.2) is 20.1 Å². The van der Waals surface area contributed by atoms with Crippen LogP contribution in [0.25, 0.3) is 0 Å². The lowest BCUT2D eigenvalue weighted by Crippen LogP contribution is -2.45. The zero-order valence-corrected chi connectivity index (χ0v) is 11.8. The Bertz CT molecular complexity index is 472. The summed E-state index contributed by atoms with van der Waals surface area (Å²) in [6, 6.07) is 3.35. The molecule has 90 valence electrons. The second-order valence-electron chi connectivity index (χ2n) is 3.82. The highest BCUT2D eigenvalue weighted by molar-refractivity contribution is 9.11. The Labute approximate surface area is 108 Å². The second-order valence-corrected chi connectivity index (χ2v) is 8.45. The molecule has 0 aliphatic carbocycles. The largest absolute Gasteiger partial charge is 0.327 e. The highest BCUT2D eigenvalue weighted by Crippen LogP contribution is 2.29. The maximum absolute atomic E-state index is 12.2. The second kappa shape index (κ2) is 4.73. The van der Waals surface area contributed by atoms with Gasteiger partial charge < -0.3 is 5.73 Å². The third-order valence-electron chi connectivity index (χ3n) is 2.56. The summed E-state index contributed by atoms with van der Waals surface area (Å²) in [6.07, 6.45) is 1.74. The molecule has 1 saturated heterocycles. The number of hydrogen-bond donors (Lipinski definition) is 1. The van der Waals surface area contributed by atoms with Crippen LogP contribution in [0.3, 0.4) is 0 Å². The van der Waals surface area contributed by atoms with E-state index >= 15 is 0 Å². The van der Waals surface area contributed by atoms with E-state index in [1.807, 2.05) is 0 Å². The summed E-state index contributed by atoms with van der Waals surface area (Å²) in [6.45, 7) is 1.00. The van der Waals surface area contributed by atoms with Crippen LogP contribution in [0.5, 0.6) is 0 Å². The normalized spacial score (nSPS) is 23.5. The van der Waals surface area contributed by atoms with Gasteiger partial charge in [0.2, 0.25) is 0 Å². The quantitative estimate of drug-likeness (QED) is 0.899. The molecule has 1 aromatic heterocycles. The predicted octanol–water partition coefficient (Wildman–Crippen LogP) is 1.62. The van der Waals surface area contributed by atoms with E-state index in [0.29, 0.717) is 17.3 Å². The van der Waals surface area contributed by atoms with E-state index in [1.165, 1.54) is 15.6 Å². The van der Waals surface area contributed by atoms with Gasteiger partial charge in [-0.2, -0.15) is 4.31 Å². The van der Waals surface area contributed by atoms with E-state index < -0.39 is 10.0 Å². The maximum atomic E-state index is 12.2. The highest BCUT2D eigenvalue weighted by Gasteiger charge is 2.29. The van der Waals surface area contributed by atoms with Gasteiger partial charge in [0.25, 0.3) is 10.0 Å². The van der Waals surface area contributed by atoms with Gasteiger partial charge in [-0.05, 0) is 40.9 Å². The average Bonchev–Trinajstić information content (AvgIpc) is 2.65. The predicted molar refractivity (Wildman–Crippen MR) is 68.0 cm³/mol. The molecule has 1 aromatic rings. The molecule has 1 atom stereocenters. The first-order valence-electron chi connectivity index (χ1n) is 5.01. The number of halogens is 1. The van der Waals surface area contributed by atoms with Crippen LogP contribution >= 0.6 is 27.3 Å². The Balaban J connectivity index is 2.25. The fourth-order valence-electron chi connectivity index (χ4n) is 1.76. The smallest absolute Gasteiger partial charge is 0.252 e. The first kappa shape index (κ1) is 12.5. The SMILES string of the molecule is NC1CCCN(S(=O)(=O)c2ccc(Br)s2)C1. The standard InChI is InChI=1S/C9H13BrN2O2S2/c10-8-3-4-9(15-8)16(13,14)12-5-1-2-7(11)6-12/h3-4,7H,1-2,5-6,11H2. The average molecular weight is 325 g/mol. The minimum absolute atomic E-state index is 0.0353. The molecule has 0 spiro atoms. The summed E-state index contributed by atoms with van der Waals surface area (Å²) in [5.41, 5.74) is 5.79. The summed E-state index contributed by atoms with van der Waals surface area (Å²) in [4.78, 5) is 0. The van der Waals surface area contributed by atoms with Crippen molar-refractivity contribution in [2.45, 2.75) is 23.1 Å². The molecule has 0 amide bonds. The van der Waals surface area contributed by atoms with Crippen molar-refractivity contribution >= 4 is 37.3 Å². The van der Waals surface area contributed by atoms with Crippen LogP contribution in [-0.4, -0.2) is 31.9 Å². The van der Waals surface area contributed by atoms with E-state index in [4.69, 9.17) is 5.73 Å². The van der Waals surface area contributed by atoms with Gasteiger partial charge in [-0.25, -0.2) is 8.42 Å². The van der Waals surface area contributed by atoms with Crippen molar-refractivity contribution in [2.24, 2.45) is 5.73 Å². The van der Waals surface area contributed by atoms with Crippen LogP contribution < -0.4 is 5.73 Å². The number of hydrogen-bond acceptors (Lipinski definition) is 4. The Morgan fingerprint density at radius 1 is 1.50 bits per heavy atom. The fraction of sp³-hybridized carbons (Fsp3) is 0.556. The number of rotatable bonds is 2. The summed E-state index contributed by atoms with van der Waals surface area (Å²) >= 11 is 4.51. The van der Waals surface area contributed by atoms with Gasteiger partial charge in [-0.1, -0.05) is 0 Å². The molecule has 1 fully saturated rings. The van der Waals surface area contributed by atoms with Crippen LogP contribution in [-0.2, 0) is 10.0 Å². The van der Waals surface area contributed by atoms with E-state index in [-0.39, 0.29) is 6.04 Å². The molecule has 2 N–H and O–H groups in total. The van der Waals surface area contributed by atoms with Crippen molar-refractivity contribution in [3.63, 3.8) is 0 Å². The number of sulfonamides is 1. The van der Waals surface area contributed by atoms with Gasteiger partial charge in [0.15, 0.2) is 0 Å². The monoisotopic (exact) mass is 324 g/mol. The summed E-state index contributed by atoms with van der Waals surface area (Å²) in [7, 11) is -3.33. The minimum atomic E-state index is -3.33. The van der Waals surface area contributed by atoms with Gasteiger partial charge in [-0.15, -0.1) is 11.3 Å². The molecule has 0 radical (unpaired) electrons. The number of thiophene rings is 1. The topological polar surface area (TPSA) is 63.4 Å². The molecule has 16 heavy (non-hydrogen) atoms. The fourth-order valence-corrected chi connectivity index (χ4v) is 5.46. The molecule has 2 heterocycles. The van der Waals surface area contributed by atoms with E-state index in [1.54, 1.807) is 12.1 Å². The summed E-state index contributed by atoms with van der Waals surface area (Å²) in [5, 5.41) is 0. The zero-order chi connectivity index (χ0) is 11.8. The molecule has 1 aliphatic rings. The molecule has 2 rings (SSSR count). The van der Waals surface area contributed by atoms with Crippen LogP contribution in [0, 0.1) is 0 Å². The van der Waals surface area contributed by atoms with Gasteiger partial charge in [0.1, 0.15) is 4.21 Å².